The Bertz CT molecular complexity index is 425. The molecule has 1 amide bonds. The number of hydrogen-bond donors (Lipinski definition) is 1. The Balaban J connectivity index is 2.45. The monoisotopic (exact) mass is 249 g/mol. The molecule has 0 radical (unpaired) electrons. The van der Waals surface area contributed by atoms with Gasteiger partial charge in [-0.1, -0.05) is 19.9 Å². The van der Waals surface area contributed by atoms with Crippen molar-refractivity contribution in [2.45, 2.75) is 34.6 Å². The number of aryl methyl sites for hydroxylation is 3. The lowest BCUT2D eigenvalue weighted by Crippen LogP contribution is -2.31. The molecule has 0 saturated carbocycles. The Morgan fingerprint density at radius 2 is 1.78 bits per heavy atom. The average Bonchev–Trinajstić information content (AvgIpc) is 2.30. The van der Waals surface area contributed by atoms with Gasteiger partial charge in [0.2, 0.25) is 5.91 Å². The molecular weight excluding hydrogens is 226 g/mol. The van der Waals surface area contributed by atoms with E-state index in [0.717, 1.165) is 11.3 Å². The van der Waals surface area contributed by atoms with E-state index in [-0.39, 0.29) is 11.8 Å². The van der Waals surface area contributed by atoms with Crippen molar-refractivity contribution in [3.05, 3.63) is 28.8 Å². The molecule has 1 N–H and O–H groups in total. The number of hydrogen-bond acceptors (Lipinski definition) is 2. The maximum Gasteiger partial charge on any atom is 0.222 e. The fraction of sp³-hybridized carbons (Fsp3) is 0.533. The third-order valence-electron chi connectivity index (χ3n) is 2.97. The standard InChI is InChI=1S/C15H23NO2/c1-10(2)15(17)16-6-7-18-14-9-12(4)11(3)8-13(14)5/h8-10H,6-7H2,1-5H3,(H,16,17). The van der Waals surface area contributed by atoms with Gasteiger partial charge in [0, 0.05) is 5.92 Å². The largest absolute Gasteiger partial charge is 0.491 e. The molecule has 0 fully saturated rings. The van der Waals surface area contributed by atoms with Crippen molar-refractivity contribution in [1.82, 2.24) is 5.32 Å². The molecule has 100 valence electrons. The van der Waals surface area contributed by atoms with E-state index in [9.17, 15) is 4.79 Å². The van der Waals surface area contributed by atoms with Crippen molar-refractivity contribution < 1.29 is 9.53 Å². The number of carbonyl (C=O) groups is 1. The lowest BCUT2D eigenvalue weighted by atomic mass is 10.1. The van der Waals surface area contributed by atoms with Crippen LogP contribution < -0.4 is 10.1 Å². The maximum absolute atomic E-state index is 11.4. The molecule has 1 rings (SSSR count). The van der Waals surface area contributed by atoms with Gasteiger partial charge in [-0.2, -0.15) is 0 Å². The minimum atomic E-state index is 0.0216. The first-order chi connectivity index (χ1) is 8.41. The van der Waals surface area contributed by atoms with Crippen LogP contribution in [0.1, 0.15) is 30.5 Å². The van der Waals surface area contributed by atoms with Crippen LogP contribution in [0.2, 0.25) is 0 Å². The predicted molar refractivity (Wildman–Crippen MR) is 74.0 cm³/mol. The van der Waals surface area contributed by atoms with Gasteiger partial charge < -0.3 is 10.1 Å². The first-order valence-electron chi connectivity index (χ1n) is 6.40. The molecule has 0 aliphatic heterocycles. The molecule has 0 heterocycles. The Morgan fingerprint density at radius 1 is 1.17 bits per heavy atom. The third-order valence-corrected chi connectivity index (χ3v) is 2.97. The van der Waals surface area contributed by atoms with Crippen LogP contribution >= 0.6 is 0 Å². The van der Waals surface area contributed by atoms with Crippen molar-refractivity contribution in [2.24, 2.45) is 5.92 Å². The van der Waals surface area contributed by atoms with E-state index in [4.69, 9.17) is 4.74 Å². The minimum Gasteiger partial charge on any atom is -0.491 e. The highest BCUT2D eigenvalue weighted by Crippen LogP contribution is 2.22. The Hall–Kier alpha value is -1.51. The van der Waals surface area contributed by atoms with Crippen LogP contribution in [0.5, 0.6) is 5.75 Å². The normalized spacial score (nSPS) is 10.6. The van der Waals surface area contributed by atoms with Crippen LogP contribution in [0.4, 0.5) is 0 Å². The zero-order valence-electron chi connectivity index (χ0n) is 12.0. The maximum atomic E-state index is 11.4. The molecule has 18 heavy (non-hydrogen) atoms. The predicted octanol–water partition coefficient (Wildman–Crippen LogP) is 2.76. The number of rotatable bonds is 5. The highest BCUT2D eigenvalue weighted by molar-refractivity contribution is 5.77. The summed E-state index contributed by atoms with van der Waals surface area (Å²) in [5.41, 5.74) is 3.63. The van der Waals surface area contributed by atoms with Gasteiger partial charge in [-0.05, 0) is 43.5 Å². The third kappa shape index (κ3) is 4.06. The molecule has 1 aromatic rings. The summed E-state index contributed by atoms with van der Waals surface area (Å²) in [6.45, 7) is 11.0. The molecule has 0 aliphatic rings. The van der Waals surface area contributed by atoms with Crippen molar-refractivity contribution in [3.8, 4) is 5.75 Å². The van der Waals surface area contributed by atoms with Crippen LogP contribution in [0.3, 0.4) is 0 Å². The van der Waals surface area contributed by atoms with Crippen molar-refractivity contribution in [3.63, 3.8) is 0 Å². The number of nitrogens with one attached hydrogen (secondary N) is 1. The van der Waals surface area contributed by atoms with Gasteiger partial charge in [0.1, 0.15) is 12.4 Å². The summed E-state index contributed by atoms with van der Waals surface area (Å²) in [6.07, 6.45) is 0. The minimum absolute atomic E-state index is 0.0216. The topological polar surface area (TPSA) is 38.3 Å². The summed E-state index contributed by atoms with van der Waals surface area (Å²) >= 11 is 0. The Labute approximate surface area is 110 Å². The quantitative estimate of drug-likeness (QED) is 0.815. The van der Waals surface area contributed by atoms with E-state index in [1.165, 1.54) is 11.1 Å². The van der Waals surface area contributed by atoms with E-state index in [0.29, 0.717) is 13.2 Å². The molecule has 0 bridgehead atoms. The van der Waals surface area contributed by atoms with Gasteiger partial charge in [-0.3, -0.25) is 4.79 Å². The van der Waals surface area contributed by atoms with Crippen LogP contribution in [0, 0.1) is 26.7 Å². The molecule has 0 aromatic heterocycles. The van der Waals surface area contributed by atoms with Gasteiger partial charge in [0.05, 0.1) is 6.54 Å². The average molecular weight is 249 g/mol. The molecule has 3 nitrogen and oxygen atoms in total. The number of benzene rings is 1. The van der Waals surface area contributed by atoms with E-state index in [1.54, 1.807) is 0 Å². The second-order valence-corrected chi connectivity index (χ2v) is 5.00. The molecule has 0 unspecified atom stereocenters. The van der Waals surface area contributed by atoms with Gasteiger partial charge in [0.15, 0.2) is 0 Å². The summed E-state index contributed by atoms with van der Waals surface area (Å²) in [7, 11) is 0. The molecule has 0 spiro atoms. The number of amides is 1. The van der Waals surface area contributed by atoms with Gasteiger partial charge in [-0.25, -0.2) is 0 Å². The lowest BCUT2D eigenvalue weighted by Gasteiger charge is -2.12. The molecule has 0 saturated heterocycles. The van der Waals surface area contributed by atoms with E-state index >= 15 is 0 Å². The second-order valence-electron chi connectivity index (χ2n) is 5.00. The van der Waals surface area contributed by atoms with Gasteiger partial charge in [0.25, 0.3) is 0 Å². The van der Waals surface area contributed by atoms with E-state index in [1.807, 2.05) is 20.8 Å². The number of carbonyl (C=O) groups excluding carboxylic acids is 1. The highest BCUT2D eigenvalue weighted by atomic mass is 16.5. The van der Waals surface area contributed by atoms with Gasteiger partial charge in [-0.15, -0.1) is 0 Å². The Morgan fingerprint density at radius 3 is 2.39 bits per heavy atom. The number of ether oxygens (including phenoxy) is 1. The SMILES string of the molecule is Cc1cc(C)c(OCCNC(=O)C(C)C)cc1C. The Kier molecular flexibility index (Phi) is 5.20. The lowest BCUT2D eigenvalue weighted by molar-refractivity contribution is -0.124. The van der Waals surface area contributed by atoms with Crippen LogP contribution in [0.15, 0.2) is 12.1 Å². The summed E-state index contributed by atoms with van der Waals surface area (Å²) < 4.78 is 5.69. The van der Waals surface area contributed by atoms with Crippen LogP contribution in [-0.2, 0) is 4.79 Å². The fourth-order valence-corrected chi connectivity index (χ4v) is 1.63. The second kappa shape index (κ2) is 6.43. The molecule has 0 atom stereocenters. The van der Waals surface area contributed by atoms with Gasteiger partial charge >= 0.3 is 0 Å². The molecule has 1 aromatic carbocycles. The molecule has 3 heteroatoms. The first-order valence-corrected chi connectivity index (χ1v) is 6.40. The van der Waals surface area contributed by atoms with Crippen molar-refractivity contribution in [2.75, 3.05) is 13.2 Å². The zero-order valence-corrected chi connectivity index (χ0v) is 12.0. The molecular formula is C15H23NO2. The zero-order chi connectivity index (χ0) is 13.7. The summed E-state index contributed by atoms with van der Waals surface area (Å²) in [6, 6.07) is 4.17. The van der Waals surface area contributed by atoms with E-state index in [2.05, 4.69) is 31.3 Å². The smallest absolute Gasteiger partial charge is 0.222 e. The van der Waals surface area contributed by atoms with Crippen molar-refractivity contribution in [1.29, 1.82) is 0 Å². The fourth-order valence-electron chi connectivity index (χ4n) is 1.63. The van der Waals surface area contributed by atoms with Crippen LogP contribution in [-0.4, -0.2) is 19.1 Å². The molecule has 0 aliphatic carbocycles. The summed E-state index contributed by atoms with van der Waals surface area (Å²) in [5, 5.41) is 2.83. The summed E-state index contributed by atoms with van der Waals surface area (Å²) in [5.74, 6) is 0.987. The summed E-state index contributed by atoms with van der Waals surface area (Å²) in [4.78, 5) is 11.4. The highest BCUT2D eigenvalue weighted by Gasteiger charge is 2.06. The van der Waals surface area contributed by atoms with Crippen molar-refractivity contribution >= 4 is 5.91 Å². The first kappa shape index (κ1) is 14.6. The van der Waals surface area contributed by atoms with Crippen LogP contribution in [0.25, 0.3) is 0 Å². The van der Waals surface area contributed by atoms with E-state index < -0.39 is 0 Å².